The molecule has 0 atom stereocenters. The van der Waals surface area contributed by atoms with E-state index in [1.807, 2.05) is 0 Å². The molecule has 1 aromatic heterocycles. The summed E-state index contributed by atoms with van der Waals surface area (Å²) in [5.74, 6) is -0.436. The lowest BCUT2D eigenvalue weighted by atomic mass is 10.2. The van der Waals surface area contributed by atoms with Crippen LogP contribution in [0.1, 0.15) is 12.5 Å². The minimum atomic E-state index is -4.49. The van der Waals surface area contributed by atoms with Crippen molar-refractivity contribution >= 4 is 5.69 Å². The third-order valence-electron chi connectivity index (χ3n) is 1.46. The summed E-state index contributed by atoms with van der Waals surface area (Å²) in [5.41, 5.74) is 4.22. The Labute approximate surface area is 78.7 Å². The van der Waals surface area contributed by atoms with E-state index in [0.29, 0.717) is 0 Å². The molecule has 78 valence electrons. The SMILES string of the molecule is CCOc1ncc(N)cc1C(F)(F)F. The van der Waals surface area contributed by atoms with E-state index < -0.39 is 17.6 Å². The number of halogens is 3. The number of rotatable bonds is 2. The normalized spacial score (nSPS) is 11.4. The van der Waals surface area contributed by atoms with Crippen LogP contribution < -0.4 is 10.5 Å². The molecule has 0 saturated heterocycles. The molecule has 0 fully saturated rings. The van der Waals surface area contributed by atoms with E-state index in [2.05, 4.69) is 4.98 Å². The van der Waals surface area contributed by atoms with Gasteiger partial charge in [0.2, 0.25) is 5.88 Å². The first kappa shape index (κ1) is 10.6. The zero-order chi connectivity index (χ0) is 10.8. The van der Waals surface area contributed by atoms with Gasteiger partial charge in [0.15, 0.2) is 0 Å². The van der Waals surface area contributed by atoms with Gasteiger partial charge in [0, 0.05) is 0 Å². The van der Waals surface area contributed by atoms with Crippen molar-refractivity contribution in [2.45, 2.75) is 13.1 Å². The zero-order valence-electron chi connectivity index (χ0n) is 7.43. The molecule has 0 amide bonds. The van der Waals surface area contributed by atoms with E-state index in [0.717, 1.165) is 12.3 Å². The van der Waals surface area contributed by atoms with Crippen LogP contribution in [0.15, 0.2) is 12.3 Å². The number of nitrogens with two attached hydrogens (primary N) is 1. The molecular formula is C8H9F3N2O. The van der Waals surface area contributed by atoms with Gasteiger partial charge in [0.1, 0.15) is 5.56 Å². The predicted octanol–water partition coefficient (Wildman–Crippen LogP) is 2.08. The summed E-state index contributed by atoms with van der Waals surface area (Å²) >= 11 is 0. The summed E-state index contributed by atoms with van der Waals surface area (Å²) in [6.07, 6.45) is -3.37. The first-order valence-electron chi connectivity index (χ1n) is 3.90. The van der Waals surface area contributed by atoms with Crippen LogP contribution in [0.5, 0.6) is 5.88 Å². The molecule has 0 aliphatic heterocycles. The monoisotopic (exact) mass is 206 g/mol. The standard InChI is InChI=1S/C8H9F3N2O/c1-2-14-7-6(8(9,10)11)3-5(12)4-13-7/h3-4H,2,12H2,1H3. The minimum Gasteiger partial charge on any atom is -0.478 e. The minimum absolute atomic E-state index is 0.0409. The van der Waals surface area contributed by atoms with Crippen molar-refractivity contribution in [3.8, 4) is 5.88 Å². The van der Waals surface area contributed by atoms with Gasteiger partial charge in [-0.3, -0.25) is 0 Å². The lowest BCUT2D eigenvalue weighted by Crippen LogP contribution is -2.10. The second kappa shape index (κ2) is 3.73. The van der Waals surface area contributed by atoms with Gasteiger partial charge in [0.25, 0.3) is 0 Å². The summed E-state index contributed by atoms with van der Waals surface area (Å²) in [5, 5.41) is 0. The molecule has 0 aliphatic rings. The van der Waals surface area contributed by atoms with E-state index in [1.54, 1.807) is 6.92 Å². The van der Waals surface area contributed by atoms with Gasteiger partial charge >= 0.3 is 6.18 Å². The number of aromatic nitrogens is 1. The Morgan fingerprint density at radius 2 is 2.14 bits per heavy atom. The molecule has 0 aromatic carbocycles. The molecule has 0 spiro atoms. The van der Waals surface area contributed by atoms with Crippen molar-refractivity contribution in [1.29, 1.82) is 0 Å². The number of hydrogen-bond donors (Lipinski definition) is 1. The van der Waals surface area contributed by atoms with Crippen molar-refractivity contribution in [3.63, 3.8) is 0 Å². The van der Waals surface area contributed by atoms with E-state index in [-0.39, 0.29) is 12.3 Å². The highest BCUT2D eigenvalue weighted by molar-refractivity contribution is 5.43. The summed E-state index contributed by atoms with van der Waals surface area (Å²) in [7, 11) is 0. The molecule has 2 N–H and O–H groups in total. The van der Waals surface area contributed by atoms with Crippen molar-refractivity contribution in [3.05, 3.63) is 17.8 Å². The fourth-order valence-corrected chi connectivity index (χ4v) is 0.923. The third kappa shape index (κ3) is 2.27. The maximum Gasteiger partial charge on any atom is 0.421 e. The highest BCUT2D eigenvalue weighted by Gasteiger charge is 2.35. The predicted molar refractivity (Wildman–Crippen MR) is 44.8 cm³/mol. The van der Waals surface area contributed by atoms with E-state index in [4.69, 9.17) is 10.5 Å². The Bertz CT molecular complexity index is 325. The maximum absolute atomic E-state index is 12.4. The fourth-order valence-electron chi connectivity index (χ4n) is 0.923. The Kier molecular flexibility index (Phi) is 2.83. The molecule has 1 rings (SSSR count). The van der Waals surface area contributed by atoms with E-state index >= 15 is 0 Å². The van der Waals surface area contributed by atoms with Gasteiger partial charge in [-0.05, 0) is 13.0 Å². The fraction of sp³-hybridized carbons (Fsp3) is 0.375. The van der Waals surface area contributed by atoms with Crippen LogP contribution in [0.2, 0.25) is 0 Å². The summed E-state index contributed by atoms with van der Waals surface area (Å²) in [6.45, 7) is 1.71. The Hall–Kier alpha value is -1.46. The molecule has 0 saturated carbocycles. The Balaban J connectivity index is 3.16. The second-order valence-electron chi connectivity index (χ2n) is 2.55. The van der Waals surface area contributed by atoms with Crippen LogP contribution in [0, 0.1) is 0 Å². The van der Waals surface area contributed by atoms with Gasteiger partial charge < -0.3 is 10.5 Å². The van der Waals surface area contributed by atoms with Crippen LogP contribution in [-0.4, -0.2) is 11.6 Å². The smallest absolute Gasteiger partial charge is 0.421 e. The largest absolute Gasteiger partial charge is 0.478 e. The molecular weight excluding hydrogens is 197 g/mol. The average molecular weight is 206 g/mol. The molecule has 0 radical (unpaired) electrons. The topological polar surface area (TPSA) is 48.1 Å². The lowest BCUT2D eigenvalue weighted by molar-refractivity contribution is -0.139. The quantitative estimate of drug-likeness (QED) is 0.805. The summed E-state index contributed by atoms with van der Waals surface area (Å²) in [6, 6.07) is 0.804. The van der Waals surface area contributed by atoms with Crippen molar-refractivity contribution in [2.24, 2.45) is 0 Å². The Morgan fingerprint density at radius 1 is 1.50 bits per heavy atom. The number of pyridine rings is 1. The molecule has 0 unspecified atom stereocenters. The average Bonchev–Trinajstić information content (AvgIpc) is 2.07. The van der Waals surface area contributed by atoms with Gasteiger partial charge in [-0.25, -0.2) is 4.98 Å². The van der Waals surface area contributed by atoms with Crippen molar-refractivity contribution in [1.82, 2.24) is 4.98 Å². The number of anilines is 1. The molecule has 0 aliphatic carbocycles. The molecule has 0 bridgehead atoms. The van der Waals surface area contributed by atoms with Crippen molar-refractivity contribution in [2.75, 3.05) is 12.3 Å². The van der Waals surface area contributed by atoms with Crippen LogP contribution in [0.25, 0.3) is 0 Å². The lowest BCUT2D eigenvalue weighted by Gasteiger charge is -2.11. The van der Waals surface area contributed by atoms with Crippen LogP contribution in [0.4, 0.5) is 18.9 Å². The van der Waals surface area contributed by atoms with Crippen molar-refractivity contribution < 1.29 is 17.9 Å². The number of alkyl halides is 3. The van der Waals surface area contributed by atoms with Gasteiger partial charge in [-0.2, -0.15) is 13.2 Å². The number of nitrogens with zero attached hydrogens (tertiary/aromatic N) is 1. The zero-order valence-corrected chi connectivity index (χ0v) is 7.43. The van der Waals surface area contributed by atoms with Gasteiger partial charge in [-0.1, -0.05) is 0 Å². The Morgan fingerprint density at radius 3 is 2.64 bits per heavy atom. The summed E-state index contributed by atoms with van der Waals surface area (Å²) < 4.78 is 41.9. The van der Waals surface area contributed by atoms with E-state index in [1.165, 1.54) is 0 Å². The molecule has 1 heterocycles. The first-order valence-corrected chi connectivity index (χ1v) is 3.90. The van der Waals surface area contributed by atoms with Crippen LogP contribution in [0.3, 0.4) is 0 Å². The first-order chi connectivity index (χ1) is 6.45. The van der Waals surface area contributed by atoms with Gasteiger partial charge in [0.05, 0.1) is 18.5 Å². The maximum atomic E-state index is 12.4. The third-order valence-corrected chi connectivity index (χ3v) is 1.46. The molecule has 1 aromatic rings. The van der Waals surface area contributed by atoms with Gasteiger partial charge in [-0.15, -0.1) is 0 Å². The molecule has 3 nitrogen and oxygen atoms in total. The number of hydrogen-bond acceptors (Lipinski definition) is 3. The number of nitrogen functional groups attached to an aromatic ring is 1. The number of ether oxygens (including phenoxy) is 1. The summed E-state index contributed by atoms with van der Waals surface area (Å²) in [4.78, 5) is 3.47. The molecule has 6 heteroatoms. The van der Waals surface area contributed by atoms with E-state index in [9.17, 15) is 13.2 Å². The highest BCUT2D eigenvalue weighted by Crippen LogP contribution is 2.35. The molecule has 14 heavy (non-hydrogen) atoms. The van der Waals surface area contributed by atoms with Crippen LogP contribution >= 0.6 is 0 Å². The second-order valence-corrected chi connectivity index (χ2v) is 2.55. The van der Waals surface area contributed by atoms with Crippen LogP contribution in [-0.2, 0) is 6.18 Å². The highest BCUT2D eigenvalue weighted by atomic mass is 19.4.